The Bertz CT molecular complexity index is 937. The molecule has 0 bridgehead atoms. The zero-order valence-corrected chi connectivity index (χ0v) is 16.1. The minimum atomic E-state index is 0.0927. The van der Waals surface area contributed by atoms with Crippen LogP contribution >= 0.6 is 0 Å². The van der Waals surface area contributed by atoms with Crippen LogP contribution in [0.1, 0.15) is 78.7 Å². The lowest BCUT2D eigenvalue weighted by Gasteiger charge is -2.31. The molecule has 2 fully saturated rings. The Morgan fingerprint density at radius 2 is 1.89 bits per heavy atom. The summed E-state index contributed by atoms with van der Waals surface area (Å²) in [5, 5.41) is 7.34. The maximum Gasteiger partial charge on any atom is 0.257 e. The minimum absolute atomic E-state index is 0.0927. The number of carbonyl (C=O) groups excluding carboxylic acids is 1. The molecule has 3 heterocycles. The van der Waals surface area contributed by atoms with Gasteiger partial charge in [-0.3, -0.25) is 9.89 Å². The molecule has 1 aliphatic carbocycles. The van der Waals surface area contributed by atoms with E-state index in [1.54, 1.807) is 6.20 Å². The van der Waals surface area contributed by atoms with Gasteiger partial charge in [0.05, 0.1) is 23.4 Å². The molecule has 2 aromatic heterocycles. The zero-order valence-electron chi connectivity index (χ0n) is 16.1. The molecule has 1 amide bonds. The number of carbonyl (C=O) groups is 1. The van der Waals surface area contributed by atoms with E-state index in [-0.39, 0.29) is 11.8 Å². The predicted molar refractivity (Wildman–Crippen MR) is 106 cm³/mol. The van der Waals surface area contributed by atoms with Gasteiger partial charge in [-0.25, -0.2) is 4.98 Å². The van der Waals surface area contributed by atoms with Crippen LogP contribution in [0.25, 0.3) is 11.1 Å². The summed E-state index contributed by atoms with van der Waals surface area (Å²) in [5.74, 6) is 1.43. The molecule has 0 radical (unpaired) electrons. The largest absolute Gasteiger partial charge is 0.440 e. The van der Waals surface area contributed by atoms with E-state index in [0.717, 1.165) is 60.5 Å². The number of benzene rings is 1. The normalized spacial score (nSPS) is 21.3. The summed E-state index contributed by atoms with van der Waals surface area (Å²) in [6, 6.07) is 7.84. The van der Waals surface area contributed by atoms with Crippen LogP contribution in [0.2, 0.25) is 0 Å². The van der Waals surface area contributed by atoms with E-state index in [4.69, 9.17) is 4.42 Å². The molecule has 1 saturated heterocycles. The number of aromatic amines is 1. The minimum Gasteiger partial charge on any atom is -0.440 e. The summed E-state index contributed by atoms with van der Waals surface area (Å²) >= 11 is 0. The molecule has 0 spiro atoms. The molecule has 1 N–H and O–H groups in total. The number of oxazole rings is 1. The molecule has 146 valence electrons. The van der Waals surface area contributed by atoms with E-state index >= 15 is 0 Å². The number of hydrogen-bond donors (Lipinski definition) is 1. The Morgan fingerprint density at radius 1 is 1.07 bits per heavy atom. The number of rotatable bonds is 3. The van der Waals surface area contributed by atoms with Crippen LogP contribution in [0.15, 0.2) is 34.9 Å². The third-order valence-electron chi connectivity index (χ3n) is 6.28. The lowest BCUT2D eigenvalue weighted by molar-refractivity contribution is 0.0697. The number of fused-ring (bicyclic) bond motifs is 1. The van der Waals surface area contributed by atoms with Crippen molar-refractivity contribution in [2.45, 2.75) is 56.8 Å². The van der Waals surface area contributed by atoms with Gasteiger partial charge < -0.3 is 9.32 Å². The maximum atomic E-state index is 13.3. The van der Waals surface area contributed by atoms with E-state index in [1.807, 2.05) is 29.2 Å². The Labute approximate surface area is 164 Å². The fourth-order valence-corrected chi connectivity index (χ4v) is 4.77. The second-order valence-electron chi connectivity index (χ2n) is 8.14. The molecule has 1 atom stereocenters. The number of aromatic nitrogens is 3. The van der Waals surface area contributed by atoms with Crippen molar-refractivity contribution < 1.29 is 9.21 Å². The SMILES string of the molecule is O=C(c1cn[nH]c1C1CCCCC1)N1CCCC(c2nc3ccccc3o2)C1. The number of likely N-dealkylation sites (tertiary alicyclic amines) is 1. The lowest BCUT2D eigenvalue weighted by atomic mass is 9.85. The summed E-state index contributed by atoms with van der Waals surface area (Å²) in [6.07, 6.45) is 9.74. The molecular weight excluding hydrogens is 352 g/mol. The van der Waals surface area contributed by atoms with Crippen molar-refractivity contribution in [2.75, 3.05) is 13.1 Å². The van der Waals surface area contributed by atoms with Crippen molar-refractivity contribution in [2.24, 2.45) is 0 Å². The molecule has 5 rings (SSSR count). The molecule has 1 unspecified atom stereocenters. The van der Waals surface area contributed by atoms with Crippen molar-refractivity contribution in [1.82, 2.24) is 20.1 Å². The highest BCUT2D eigenvalue weighted by atomic mass is 16.3. The zero-order chi connectivity index (χ0) is 18.9. The summed E-state index contributed by atoms with van der Waals surface area (Å²) < 4.78 is 5.98. The number of nitrogens with one attached hydrogen (secondary N) is 1. The molecular formula is C22H26N4O2. The van der Waals surface area contributed by atoms with Gasteiger partial charge in [0, 0.05) is 19.0 Å². The van der Waals surface area contributed by atoms with E-state index < -0.39 is 0 Å². The van der Waals surface area contributed by atoms with Crippen molar-refractivity contribution in [3.05, 3.63) is 47.6 Å². The third kappa shape index (κ3) is 3.21. The Hall–Kier alpha value is -2.63. The third-order valence-corrected chi connectivity index (χ3v) is 6.28. The number of amides is 1. The molecule has 6 heteroatoms. The van der Waals surface area contributed by atoms with Crippen molar-refractivity contribution in [3.8, 4) is 0 Å². The van der Waals surface area contributed by atoms with E-state index in [1.165, 1.54) is 19.3 Å². The van der Waals surface area contributed by atoms with Crippen LogP contribution < -0.4 is 0 Å². The summed E-state index contributed by atoms with van der Waals surface area (Å²) in [7, 11) is 0. The topological polar surface area (TPSA) is 75.0 Å². The van der Waals surface area contributed by atoms with Crippen molar-refractivity contribution >= 4 is 17.0 Å². The van der Waals surface area contributed by atoms with Crippen LogP contribution in [-0.4, -0.2) is 39.1 Å². The molecule has 6 nitrogen and oxygen atoms in total. The highest BCUT2D eigenvalue weighted by molar-refractivity contribution is 5.95. The number of para-hydroxylation sites is 2. The second-order valence-corrected chi connectivity index (χ2v) is 8.14. The van der Waals surface area contributed by atoms with Gasteiger partial charge >= 0.3 is 0 Å². The fourth-order valence-electron chi connectivity index (χ4n) is 4.77. The Morgan fingerprint density at radius 3 is 2.75 bits per heavy atom. The first kappa shape index (κ1) is 17.5. The number of piperidine rings is 1. The Kier molecular flexibility index (Phi) is 4.63. The fraction of sp³-hybridized carbons (Fsp3) is 0.500. The van der Waals surface area contributed by atoms with Crippen LogP contribution in [0.5, 0.6) is 0 Å². The van der Waals surface area contributed by atoms with E-state index in [9.17, 15) is 4.79 Å². The smallest absolute Gasteiger partial charge is 0.257 e. The van der Waals surface area contributed by atoms with Crippen LogP contribution in [0, 0.1) is 0 Å². The van der Waals surface area contributed by atoms with Gasteiger partial charge in [-0.1, -0.05) is 31.4 Å². The summed E-state index contributed by atoms with van der Waals surface area (Å²) in [5.41, 5.74) is 3.49. The molecule has 1 aromatic carbocycles. The first-order valence-electron chi connectivity index (χ1n) is 10.5. The van der Waals surface area contributed by atoms with Crippen molar-refractivity contribution in [1.29, 1.82) is 0 Å². The van der Waals surface area contributed by atoms with E-state index in [0.29, 0.717) is 12.5 Å². The van der Waals surface area contributed by atoms with Gasteiger partial charge in [0.25, 0.3) is 5.91 Å². The van der Waals surface area contributed by atoms with Gasteiger partial charge in [-0.05, 0) is 37.8 Å². The summed E-state index contributed by atoms with van der Waals surface area (Å²) in [6.45, 7) is 1.44. The van der Waals surface area contributed by atoms with Gasteiger partial charge in [-0.15, -0.1) is 0 Å². The van der Waals surface area contributed by atoms with Crippen LogP contribution in [-0.2, 0) is 0 Å². The Balaban J connectivity index is 1.35. The van der Waals surface area contributed by atoms with Gasteiger partial charge in [0.2, 0.25) is 0 Å². The molecule has 2 aliphatic rings. The van der Waals surface area contributed by atoms with Crippen LogP contribution in [0.3, 0.4) is 0 Å². The number of hydrogen-bond acceptors (Lipinski definition) is 4. The first-order chi connectivity index (χ1) is 13.8. The average molecular weight is 378 g/mol. The quantitative estimate of drug-likeness (QED) is 0.722. The molecule has 3 aromatic rings. The van der Waals surface area contributed by atoms with E-state index in [2.05, 4.69) is 15.2 Å². The highest BCUT2D eigenvalue weighted by Gasteiger charge is 2.31. The number of nitrogens with zero attached hydrogens (tertiary/aromatic N) is 3. The second kappa shape index (κ2) is 7.41. The van der Waals surface area contributed by atoms with Gasteiger partial charge in [0.1, 0.15) is 5.52 Å². The van der Waals surface area contributed by atoms with Gasteiger partial charge in [-0.2, -0.15) is 5.10 Å². The van der Waals surface area contributed by atoms with Gasteiger partial charge in [0.15, 0.2) is 11.5 Å². The highest BCUT2D eigenvalue weighted by Crippen LogP contribution is 2.34. The number of H-pyrrole nitrogens is 1. The maximum absolute atomic E-state index is 13.3. The summed E-state index contributed by atoms with van der Waals surface area (Å²) in [4.78, 5) is 19.9. The molecule has 1 aliphatic heterocycles. The predicted octanol–water partition coefficient (Wildman–Crippen LogP) is 4.62. The molecule has 1 saturated carbocycles. The molecule has 28 heavy (non-hydrogen) atoms. The average Bonchev–Trinajstić information content (AvgIpc) is 3.41. The lowest BCUT2D eigenvalue weighted by Crippen LogP contribution is -2.39. The standard InChI is InChI=1S/C22H26N4O2/c27-22(17-13-23-25-20(17)15-7-2-1-3-8-15)26-12-6-9-16(14-26)21-24-18-10-4-5-11-19(18)28-21/h4-5,10-11,13,15-16H,1-3,6-9,12,14H2,(H,23,25). The van der Waals surface area contributed by atoms with Crippen molar-refractivity contribution in [3.63, 3.8) is 0 Å². The van der Waals surface area contributed by atoms with Crippen LogP contribution in [0.4, 0.5) is 0 Å². The monoisotopic (exact) mass is 378 g/mol. The first-order valence-corrected chi connectivity index (χ1v) is 10.5.